The average molecular weight is 435 g/mol. The second-order valence-electron chi connectivity index (χ2n) is 7.12. The van der Waals surface area contributed by atoms with Crippen molar-refractivity contribution in [2.24, 2.45) is 0 Å². The molecular weight excluding hydrogens is 415 g/mol. The summed E-state index contributed by atoms with van der Waals surface area (Å²) in [5.41, 5.74) is -0.0778. The third-order valence-electron chi connectivity index (χ3n) is 4.97. The number of nitrogens with one attached hydrogen (secondary N) is 2. The largest absolute Gasteiger partial charge is 0.478 e. The Balaban J connectivity index is 1.47. The number of benzene rings is 2. The molecule has 0 saturated carbocycles. The fourth-order valence-electron chi connectivity index (χ4n) is 3.26. The lowest BCUT2D eigenvalue weighted by molar-refractivity contribution is -0.137. The fourth-order valence-corrected chi connectivity index (χ4v) is 3.26. The van der Waals surface area contributed by atoms with E-state index < -0.39 is 23.7 Å². The van der Waals surface area contributed by atoms with Crippen LogP contribution in [0.3, 0.4) is 0 Å². The molecule has 7 nitrogen and oxygen atoms in total. The van der Waals surface area contributed by atoms with E-state index in [1.807, 2.05) is 0 Å². The molecule has 0 aromatic heterocycles. The molecule has 31 heavy (non-hydrogen) atoms. The number of hydrogen-bond donors (Lipinski definition) is 3. The minimum Gasteiger partial charge on any atom is -0.478 e. The smallest absolute Gasteiger partial charge is 0.416 e. The number of hydrogen-bond acceptors (Lipinski definition) is 3. The Morgan fingerprint density at radius 2 is 1.45 bits per heavy atom. The van der Waals surface area contributed by atoms with Gasteiger partial charge in [-0.1, -0.05) is 0 Å². The summed E-state index contributed by atoms with van der Waals surface area (Å²) >= 11 is 0. The van der Waals surface area contributed by atoms with E-state index in [1.165, 1.54) is 36.4 Å². The lowest BCUT2D eigenvalue weighted by Gasteiger charge is -2.32. The SMILES string of the molecule is O=C(Nc1ccc(C(F)(F)F)cc1)NC1CCN(C(=O)c2ccc(C(=O)O)cc2)CC1. The zero-order chi connectivity index (χ0) is 22.6. The molecule has 0 spiro atoms. The van der Waals surface area contributed by atoms with E-state index in [0.29, 0.717) is 31.5 Å². The minimum absolute atomic E-state index is 0.0958. The highest BCUT2D eigenvalue weighted by atomic mass is 19.4. The Morgan fingerprint density at radius 1 is 0.903 bits per heavy atom. The molecule has 0 unspecified atom stereocenters. The first-order valence-corrected chi connectivity index (χ1v) is 9.51. The third-order valence-corrected chi connectivity index (χ3v) is 4.97. The zero-order valence-corrected chi connectivity index (χ0v) is 16.3. The summed E-state index contributed by atoms with van der Waals surface area (Å²) in [5, 5.41) is 14.2. The van der Waals surface area contributed by atoms with E-state index in [-0.39, 0.29) is 23.2 Å². The maximum Gasteiger partial charge on any atom is 0.416 e. The van der Waals surface area contributed by atoms with Gasteiger partial charge in [0.1, 0.15) is 0 Å². The van der Waals surface area contributed by atoms with Crippen molar-refractivity contribution in [3.63, 3.8) is 0 Å². The van der Waals surface area contributed by atoms with Gasteiger partial charge < -0.3 is 20.6 Å². The summed E-state index contributed by atoms with van der Waals surface area (Å²) in [6.07, 6.45) is -3.41. The van der Waals surface area contributed by atoms with Gasteiger partial charge in [0.15, 0.2) is 0 Å². The third kappa shape index (κ3) is 5.74. The number of carbonyl (C=O) groups excluding carboxylic acids is 2. The van der Waals surface area contributed by atoms with Crippen molar-refractivity contribution in [3.8, 4) is 0 Å². The molecule has 3 rings (SSSR count). The molecule has 1 aliphatic heterocycles. The van der Waals surface area contributed by atoms with Crippen LogP contribution in [-0.2, 0) is 6.18 Å². The Hall–Kier alpha value is -3.56. The molecule has 3 N–H and O–H groups in total. The van der Waals surface area contributed by atoms with Crippen molar-refractivity contribution in [1.29, 1.82) is 0 Å². The monoisotopic (exact) mass is 435 g/mol. The molecular formula is C21H20F3N3O4. The minimum atomic E-state index is -4.44. The molecule has 0 bridgehead atoms. The van der Waals surface area contributed by atoms with Crippen LogP contribution in [0.15, 0.2) is 48.5 Å². The fraction of sp³-hybridized carbons (Fsp3) is 0.286. The Labute approximate surface area is 175 Å². The van der Waals surface area contributed by atoms with Crippen LogP contribution >= 0.6 is 0 Å². The van der Waals surface area contributed by atoms with E-state index in [2.05, 4.69) is 10.6 Å². The van der Waals surface area contributed by atoms with Gasteiger partial charge in [-0.05, 0) is 61.4 Å². The van der Waals surface area contributed by atoms with Gasteiger partial charge in [-0.25, -0.2) is 9.59 Å². The summed E-state index contributed by atoms with van der Waals surface area (Å²) in [6.45, 7) is 0.815. The lowest BCUT2D eigenvalue weighted by atomic mass is 10.0. The number of carbonyl (C=O) groups is 3. The molecule has 1 heterocycles. The number of aromatic carboxylic acids is 1. The highest BCUT2D eigenvalue weighted by molar-refractivity contribution is 5.96. The molecule has 3 amide bonds. The number of amides is 3. The van der Waals surface area contributed by atoms with E-state index in [1.54, 1.807) is 4.90 Å². The van der Waals surface area contributed by atoms with Crippen LogP contribution in [0.5, 0.6) is 0 Å². The number of rotatable bonds is 4. The van der Waals surface area contributed by atoms with Crippen molar-refractivity contribution in [1.82, 2.24) is 10.2 Å². The maximum absolute atomic E-state index is 12.6. The Bertz CT molecular complexity index is 951. The number of likely N-dealkylation sites (tertiary alicyclic amines) is 1. The molecule has 1 saturated heterocycles. The summed E-state index contributed by atoms with van der Waals surface area (Å²) in [4.78, 5) is 37.2. The van der Waals surface area contributed by atoms with Gasteiger partial charge in [-0.2, -0.15) is 13.2 Å². The molecule has 0 atom stereocenters. The number of halogens is 3. The quantitative estimate of drug-likeness (QED) is 0.680. The first kappa shape index (κ1) is 22.1. The predicted molar refractivity (Wildman–Crippen MR) is 106 cm³/mol. The van der Waals surface area contributed by atoms with Crippen LogP contribution in [0.1, 0.15) is 39.1 Å². The van der Waals surface area contributed by atoms with Crippen molar-refractivity contribution < 1.29 is 32.7 Å². The molecule has 0 radical (unpaired) electrons. The highest BCUT2D eigenvalue weighted by Gasteiger charge is 2.30. The van der Waals surface area contributed by atoms with Crippen molar-refractivity contribution in [3.05, 3.63) is 65.2 Å². The summed E-state index contributed by atoms with van der Waals surface area (Å²) in [5.74, 6) is -1.29. The van der Waals surface area contributed by atoms with Crippen LogP contribution < -0.4 is 10.6 Å². The predicted octanol–water partition coefficient (Wildman–Crippen LogP) is 3.83. The first-order valence-electron chi connectivity index (χ1n) is 9.51. The van der Waals surface area contributed by atoms with Crippen LogP contribution in [0.4, 0.5) is 23.7 Å². The number of anilines is 1. The van der Waals surface area contributed by atoms with Gasteiger partial charge in [0.2, 0.25) is 0 Å². The molecule has 1 fully saturated rings. The van der Waals surface area contributed by atoms with Crippen LogP contribution in [-0.4, -0.2) is 47.0 Å². The number of carboxylic acid groups (broad SMARTS) is 1. The van der Waals surface area contributed by atoms with Gasteiger partial charge in [0, 0.05) is 30.4 Å². The van der Waals surface area contributed by atoms with Crippen LogP contribution in [0, 0.1) is 0 Å². The molecule has 1 aliphatic rings. The number of carboxylic acids is 1. The summed E-state index contributed by atoms with van der Waals surface area (Å²) in [6, 6.07) is 9.10. The second kappa shape index (κ2) is 9.07. The van der Waals surface area contributed by atoms with Crippen LogP contribution in [0.25, 0.3) is 0 Å². The Kier molecular flexibility index (Phi) is 6.47. The first-order chi connectivity index (χ1) is 14.6. The molecule has 2 aromatic carbocycles. The van der Waals surface area contributed by atoms with Crippen molar-refractivity contribution >= 4 is 23.6 Å². The average Bonchev–Trinajstić information content (AvgIpc) is 2.73. The lowest BCUT2D eigenvalue weighted by Crippen LogP contribution is -2.47. The standard InChI is InChI=1S/C21H20F3N3O4/c22-21(23,24)15-5-7-16(8-6-15)25-20(31)26-17-9-11-27(12-10-17)18(28)13-1-3-14(4-2-13)19(29)30/h1-8,17H,9-12H2,(H,29,30)(H2,25,26,31). The zero-order valence-electron chi connectivity index (χ0n) is 16.3. The number of urea groups is 1. The number of alkyl halides is 3. The number of nitrogens with zero attached hydrogens (tertiary/aromatic N) is 1. The van der Waals surface area contributed by atoms with E-state index in [4.69, 9.17) is 5.11 Å². The van der Waals surface area contributed by atoms with Crippen molar-refractivity contribution in [2.45, 2.75) is 25.1 Å². The van der Waals surface area contributed by atoms with Crippen LogP contribution in [0.2, 0.25) is 0 Å². The summed E-state index contributed by atoms with van der Waals surface area (Å²) < 4.78 is 37.8. The van der Waals surface area contributed by atoms with Gasteiger partial charge in [-0.15, -0.1) is 0 Å². The molecule has 0 aliphatic carbocycles. The molecule has 2 aromatic rings. The van der Waals surface area contributed by atoms with Crippen molar-refractivity contribution in [2.75, 3.05) is 18.4 Å². The van der Waals surface area contributed by atoms with E-state index >= 15 is 0 Å². The number of piperidine rings is 1. The van der Waals surface area contributed by atoms with E-state index in [9.17, 15) is 27.6 Å². The maximum atomic E-state index is 12.6. The highest BCUT2D eigenvalue weighted by Crippen LogP contribution is 2.29. The molecule has 10 heteroatoms. The van der Waals surface area contributed by atoms with Gasteiger partial charge >= 0.3 is 18.2 Å². The summed E-state index contributed by atoms with van der Waals surface area (Å²) in [7, 11) is 0. The second-order valence-corrected chi connectivity index (χ2v) is 7.12. The van der Waals surface area contributed by atoms with E-state index in [0.717, 1.165) is 12.1 Å². The molecule has 164 valence electrons. The van der Waals surface area contributed by atoms with Gasteiger partial charge in [0.25, 0.3) is 5.91 Å². The normalized spacial score (nSPS) is 14.7. The topological polar surface area (TPSA) is 98.7 Å². The van der Waals surface area contributed by atoms with Gasteiger partial charge in [-0.3, -0.25) is 4.79 Å². The van der Waals surface area contributed by atoms with Gasteiger partial charge in [0.05, 0.1) is 11.1 Å². The Morgan fingerprint density at radius 3 is 1.97 bits per heavy atom.